The molecule has 2 N–H and O–H groups in total. The van der Waals surface area contributed by atoms with Crippen molar-refractivity contribution in [2.24, 2.45) is 0 Å². The number of amides is 1. The monoisotopic (exact) mass is 486 g/mol. The molecule has 1 fully saturated rings. The Balaban J connectivity index is 1.47. The summed E-state index contributed by atoms with van der Waals surface area (Å²) in [5.74, 6) is 0.0141. The third-order valence-electron chi connectivity index (χ3n) is 6.84. The van der Waals surface area contributed by atoms with Crippen LogP contribution in [0, 0.1) is 17.1 Å². The molecule has 3 heterocycles. The highest BCUT2D eigenvalue weighted by molar-refractivity contribution is 5.67. The van der Waals surface area contributed by atoms with Crippen molar-refractivity contribution in [2.75, 3.05) is 24.5 Å². The van der Waals surface area contributed by atoms with E-state index in [0.29, 0.717) is 49.7 Å². The number of hydrogen-bond acceptors (Lipinski definition) is 6. The third kappa shape index (κ3) is 5.14. The molecule has 2 aliphatic rings. The number of aromatic nitrogens is 2. The Morgan fingerprint density at radius 1 is 1.14 bits per heavy atom. The molecule has 0 spiro atoms. The summed E-state index contributed by atoms with van der Waals surface area (Å²) in [6.07, 6.45) is 1.07. The van der Waals surface area contributed by atoms with Crippen LogP contribution in [0.4, 0.5) is 15.1 Å². The smallest absolute Gasteiger partial charge is 0.404 e. The number of hydrogen-bond donors (Lipinski definition) is 2. The number of nitrogens with one attached hydrogen (secondary N) is 1. The summed E-state index contributed by atoms with van der Waals surface area (Å²) in [6.45, 7) is 3.56. The first-order valence-corrected chi connectivity index (χ1v) is 12.1. The van der Waals surface area contributed by atoms with E-state index >= 15 is 0 Å². The molecule has 0 aliphatic carbocycles. The lowest BCUT2D eigenvalue weighted by atomic mass is 9.98. The fraction of sp³-hybridized carbons (Fsp3) is 0.333. The second kappa shape index (κ2) is 10.3. The predicted molar refractivity (Wildman–Crippen MR) is 133 cm³/mol. The summed E-state index contributed by atoms with van der Waals surface area (Å²) in [6, 6.07) is 16.7. The van der Waals surface area contributed by atoms with E-state index < -0.39 is 11.9 Å². The lowest BCUT2D eigenvalue weighted by Crippen LogP contribution is -2.45. The van der Waals surface area contributed by atoms with Crippen LogP contribution in [0.5, 0.6) is 0 Å². The summed E-state index contributed by atoms with van der Waals surface area (Å²) >= 11 is 0. The Hall–Kier alpha value is -4.03. The molecule has 1 aromatic heterocycles. The Bertz CT molecular complexity index is 1300. The number of anilines is 1. The molecule has 36 heavy (non-hydrogen) atoms. The molecule has 0 bridgehead atoms. The molecule has 3 aromatic rings. The number of carbonyl (C=O) groups is 1. The topological polar surface area (TPSA) is 105 Å². The number of nitriles is 1. The SMILES string of the molecule is N#Cc1ccc(-c2nc(N3CCC(NC(=O)O)CC3)nc3c2CN(Cc2ccccc2)CC3)cc1F. The van der Waals surface area contributed by atoms with E-state index in [2.05, 4.69) is 27.2 Å². The van der Waals surface area contributed by atoms with Gasteiger partial charge in [0.25, 0.3) is 0 Å². The average Bonchev–Trinajstić information content (AvgIpc) is 2.89. The van der Waals surface area contributed by atoms with Crippen molar-refractivity contribution in [3.8, 4) is 17.3 Å². The van der Waals surface area contributed by atoms with E-state index in [1.54, 1.807) is 6.07 Å². The van der Waals surface area contributed by atoms with Crippen LogP contribution in [0.25, 0.3) is 11.3 Å². The number of rotatable bonds is 5. The van der Waals surface area contributed by atoms with Crippen LogP contribution < -0.4 is 10.2 Å². The zero-order valence-corrected chi connectivity index (χ0v) is 19.8. The fourth-order valence-electron chi connectivity index (χ4n) is 4.97. The van der Waals surface area contributed by atoms with Gasteiger partial charge in [-0.25, -0.2) is 19.2 Å². The van der Waals surface area contributed by atoms with Gasteiger partial charge in [-0.15, -0.1) is 0 Å². The second-order valence-corrected chi connectivity index (χ2v) is 9.26. The van der Waals surface area contributed by atoms with Gasteiger partial charge in [0.1, 0.15) is 11.9 Å². The second-order valence-electron chi connectivity index (χ2n) is 9.26. The lowest BCUT2D eigenvalue weighted by molar-refractivity contribution is 0.187. The molecular weight excluding hydrogens is 459 g/mol. The quantitative estimate of drug-likeness (QED) is 0.563. The standard InChI is InChI=1S/C27H27FN6O2/c28-23-14-19(6-7-20(23)15-29)25-22-17-33(16-18-4-2-1-3-5-18)11-10-24(22)31-26(32-25)34-12-8-21(9-13-34)30-27(35)36/h1-7,14,21,30H,8-13,16-17H2,(H,35,36). The minimum atomic E-state index is -1.01. The third-order valence-corrected chi connectivity index (χ3v) is 6.84. The van der Waals surface area contributed by atoms with Crippen molar-refractivity contribution >= 4 is 12.0 Å². The molecule has 8 nitrogen and oxygen atoms in total. The normalized spacial score (nSPS) is 16.3. The van der Waals surface area contributed by atoms with E-state index in [1.165, 1.54) is 17.7 Å². The van der Waals surface area contributed by atoms with Crippen molar-refractivity contribution in [3.63, 3.8) is 0 Å². The Morgan fingerprint density at radius 3 is 2.61 bits per heavy atom. The molecule has 5 rings (SSSR count). The zero-order valence-electron chi connectivity index (χ0n) is 19.8. The van der Waals surface area contributed by atoms with E-state index in [-0.39, 0.29) is 11.6 Å². The molecule has 2 aliphatic heterocycles. The van der Waals surface area contributed by atoms with Gasteiger partial charge in [0.2, 0.25) is 5.95 Å². The van der Waals surface area contributed by atoms with Crippen molar-refractivity contribution in [1.82, 2.24) is 20.2 Å². The highest BCUT2D eigenvalue weighted by Gasteiger charge is 2.27. The number of piperidine rings is 1. The largest absolute Gasteiger partial charge is 0.465 e. The van der Waals surface area contributed by atoms with Gasteiger partial charge < -0.3 is 15.3 Å². The van der Waals surface area contributed by atoms with Crippen molar-refractivity contribution < 1.29 is 14.3 Å². The maximum atomic E-state index is 14.6. The molecule has 0 unspecified atom stereocenters. The molecule has 0 saturated carbocycles. The summed E-state index contributed by atoms with van der Waals surface area (Å²) in [5.41, 5.74) is 4.46. The Kier molecular flexibility index (Phi) is 6.78. The highest BCUT2D eigenvalue weighted by atomic mass is 19.1. The van der Waals surface area contributed by atoms with Crippen LogP contribution in [-0.2, 0) is 19.5 Å². The van der Waals surface area contributed by atoms with Crippen LogP contribution in [0.15, 0.2) is 48.5 Å². The minimum absolute atomic E-state index is 0.000559. The van der Waals surface area contributed by atoms with Crippen molar-refractivity contribution in [2.45, 2.75) is 38.4 Å². The van der Waals surface area contributed by atoms with Crippen molar-refractivity contribution in [1.29, 1.82) is 5.26 Å². The van der Waals surface area contributed by atoms with E-state index in [0.717, 1.165) is 30.8 Å². The first-order valence-electron chi connectivity index (χ1n) is 12.1. The Labute approximate surface area is 209 Å². The maximum absolute atomic E-state index is 14.6. The van der Waals surface area contributed by atoms with Crippen LogP contribution in [0.2, 0.25) is 0 Å². The number of fused-ring (bicyclic) bond motifs is 1. The Morgan fingerprint density at radius 2 is 1.92 bits per heavy atom. The van der Waals surface area contributed by atoms with Crippen LogP contribution >= 0.6 is 0 Å². The molecular formula is C27H27FN6O2. The number of carboxylic acid groups (broad SMARTS) is 1. The van der Waals surface area contributed by atoms with Crippen molar-refractivity contribution in [3.05, 3.63) is 76.7 Å². The van der Waals surface area contributed by atoms with Gasteiger partial charge >= 0.3 is 6.09 Å². The van der Waals surface area contributed by atoms with Gasteiger partial charge in [0.15, 0.2) is 0 Å². The first-order chi connectivity index (χ1) is 17.5. The first kappa shape index (κ1) is 23.7. The van der Waals surface area contributed by atoms with E-state index in [4.69, 9.17) is 20.3 Å². The summed E-state index contributed by atoms with van der Waals surface area (Å²) in [7, 11) is 0. The fourth-order valence-corrected chi connectivity index (χ4v) is 4.97. The molecule has 0 radical (unpaired) electrons. The molecule has 184 valence electrons. The highest BCUT2D eigenvalue weighted by Crippen LogP contribution is 2.32. The van der Waals surface area contributed by atoms with Gasteiger partial charge in [-0.2, -0.15) is 5.26 Å². The molecule has 9 heteroatoms. The predicted octanol–water partition coefficient (Wildman–Crippen LogP) is 3.95. The average molecular weight is 487 g/mol. The maximum Gasteiger partial charge on any atom is 0.404 e. The summed E-state index contributed by atoms with van der Waals surface area (Å²) in [5, 5.41) is 20.7. The molecule has 1 saturated heterocycles. The molecule has 1 amide bonds. The van der Waals surface area contributed by atoms with E-state index in [1.807, 2.05) is 24.3 Å². The van der Waals surface area contributed by atoms with Crippen LogP contribution in [-0.4, -0.2) is 51.7 Å². The number of halogens is 1. The van der Waals surface area contributed by atoms with Gasteiger partial charge in [0.05, 0.1) is 17.0 Å². The van der Waals surface area contributed by atoms with Gasteiger partial charge in [-0.05, 0) is 30.5 Å². The van der Waals surface area contributed by atoms with Gasteiger partial charge in [-0.3, -0.25) is 4.90 Å². The van der Waals surface area contributed by atoms with Crippen LogP contribution in [0.3, 0.4) is 0 Å². The summed E-state index contributed by atoms with van der Waals surface area (Å²) < 4.78 is 14.6. The summed E-state index contributed by atoms with van der Waals surface area (Å²) in [4.78, 5) is 25.2. The van der Waals surface area contributed by atoms with Gasteiger partial charge in [-0.1, -0.05) is 36.4 Å². The number of benzene rings is 2. The molecule has 2 aromatic carbocycles. The van der Waals surface area contributed by atoms with Crippen LogP contribution in [0.1, 0.15) is 35.2 Å². The van der Waals surface area contributed by atoms with E-state index in [9.17, 15) is 9.18 Å². The lowest BCUT2D eigenvalue weighted by Gasteiger charge is -2.34. The number of nitrogens with zero attached hydrogens (tertiary/aromatic N) is 5. The molecule has 0 atom stereocenters. The minimum Gasteiger partial charge on any atom is -0.465 e. The van der Waals surface area contributed by atoms with Gasteiger partial charge in [0, 0.05) is 56.3 Å². The zero-order chi connectivity index (χ0) is 25.1.